The van der Waals surface area contributed by atoms with Crippen LogP contribution in [-0.4, -0.2) is 45.5 Å². The van der Waals surface area contributed by atoms with Crippen LogP contribution >= 0.6 is 11.3 Å². The van der Waals surface area contributed by atoms with Crippen molar-refractivity contribution in [2.24, 2.45) is 5.10 Å². The smallest absolute Gasteiger partial charge is 0.308 e. The average molecular weight is 602 g/mol. The van der Waals surface area contributed by atoms with Gasteiger partial charge in [0.05, 0.1) is 28.9 Å². The highest BCUT2D eigenvalue weighted by molar-refractivity contribution is 7.10. The molecule has 0 radical (unpaired) electrons. The molecule has 0 amide bonds. The third-order valence-corrected chi connectivity index (χ3v) is 8.37. The molecule has 11 heteroatoms. The number of aromatic nitrogens is 1. The van der Waals surface area contributed by atoms with Crippen molar-refractivity contribution in [2.75, 3.05) is 13.2 Å². The van der Waals surface area contributed by atoms with Crippen LogP contribution in [0.4, 0.5) is 8.78 Å². The summed E-state index contributed by atoms with van der Waals surface area (Å²) in [6.45, 7) is 5.70. The number of aliphatic hydroxyl groups is 1. The summed E-state index contributed by atoms with van der Waals surface area (Å²) in [6.07, 6.45) is 1.65. The minimum absolute atomic E-state index is 0.0538. The van der Waals surface area contributed by atoms with E-state index in [4.69, 9.17) is 15.0 Å². The van der Waals surface area contributed by atoms with E-state index in [2.05, 4.69) is 11.2 Å². The van der Waals surface area contributed by atoms with Crippen molar-refractivity contribution in [1.82, 2.24) is 14.9 Å². The molecule has 0 fully saturated rings. The van der Waals surface area contributed by atoms with Crippen molar-refractivity contribution in [3.63, 3.8) is 0 Å². The number of benzene rings is 3. The molecular formula is C32H29F2N5O3S. The molecule has 0 unspecified atom stereocenters. The molecule has 3 aromatic carbocycles. The number of carbonyl (C=O) groups is 1. The van der Waals surface area contributed by atoms with Crippen molar-refractivity contribution < 1.29 is 23.4 Å². The summed E-state index contributed by atoms with van der Waals surface area (Å²) < 4.78 is 34.3. The van der Waals surface area contributed by atoms with Crippen molar-refractivity contribution >= 4 is 23.6 Å². The maximum Gasteiger partial charge on any atom is 0.308 e. The van der Waals surface area contributed by atoms with Crippen molar-refractivity contribution in [3.05, 3.63) is 105 Å². The predicted octanol–water partition coefficient (Wildman–Crippen LogP) is 5.90. The van der Waals surface area contributed by atoms with E-state index in [9.17, 15) is 14.3 Å². The van der Waals surface area contributed by atoms with Gasteiger partial charge in [0.2, 0.25) is 0 Å². The number of hydrazone groups is 1. The number of rotatable bonds is 9. The number of halogens is 2. The van der Waals surface area contributed by atoms with Gasteiger partial charge in [-0.1, -0.05) is 37.3 Å². The lowest BCUT2D eigenvalue weighted by atomic mass is 9.81. The number of hydrogen-bond donors (Lipinski definition) is 1. The third kappa shape index (κ3) is 6.56. The number of thiazole rings is 1. The summed E-state index contributed by atoms with van der Waals surface area (Å²) in [5, 5.41) is 29.8. The van der Waals surface area contributed by atoms with E-state index in [0.29, 0.717) is 35.2 Å². The van der Waals surface area contributed by atoms with E-state index in [1.165, 1.54) is 24.3 Å². The molecule has 1 N–H and O–H groups in total. The fraction of sp³-hybridized carbons (Fsp3) is 0.250. The van der Waals surface area contributed by atoms with E-state index < -0.39 is 23.2 Å². The van der Waals surface area contributed by atoms with Gasteiger partial charge in [-0.2, -0.15) is 10.4 Å². The van der Waals surface area contributed by atoms with Gasteiger partial charge >= 0.3 is 5.97 Å². The normalized spacial score (nSPS) is 14.8. The Morgan fingerprint density at radius 3 is 2.63 bits per heavy atom. The fourth-order valence-electron chi connectivity index (χ4n) is 5.04. The Hall–Kier alpha value is -4.66. The van der Waals surface area contributed by atoms with Gasteiger partial charge in [0.25, 0.3) is 0 Å². The number of ether oxygens (including phenoxy) is 1. The van der Waals surface area contributed by atoms with Crippen molar-refractivity contribution in [1.29, 1.82) is 5.26 Å². The van der Waals surface area contributed by atoms with Crippen LogP contribution in [-0.2, 0) is 16.9 Å². The number of carbonyl (C=O) groups excluding carboxylic acids is 1. The van der Waals surface area contributed by atoms with Gasteiger partial charge in [-0.3, -0.25) is 9.80 Å². The summed E-state index contributed by atoms with van der Waals surface area (Å²) in [7, 11) is 0. The standard InChI is InChI=1S/C32H29F2N5O3S/c1-20-12-24(6-11-30(20)42-22(3)40)15-38-18-36-39(19-38)17-32(41,27-10-9-26(33)13-28(27)34)21(2)31-37-29(16-43-31)25-7-4-23(14-35)5-8-25/h4-13,16,18,21,41H,15,17,19H2,1-3H3/t21-,32+/m0/s1. The second kappa shape index (κ2) is 12.3. The van der Waals surface area contributed by atoms with Crippen LogP contribution in [0.15, 0.2) is 71.1 Å². The lowest BCUT2D eigenvalue weighted by Gasteiger charge is -2.36. The van der Waals surface area contributed by atoms with Crippen LogP contribution in [0.5, 0.6) is 5.75 Å². The van der Waals surface area contributed by atoms with Gasteiger partial charge in [0.1, 0.15) is 36.0 Å². The lowest BCUT2D eigenvalue weighted by molar-refractivity contribution is -0.131. The third-order valence-electron chi connectivity index (χ3n) is 7.34. The number of β-amino-alcohol motifs (C(OH)–C–C–N with tert-alkyl or cyclic N) is 1. The highest BCUT2D eigenvalue weighted by Crippen LogP contribution is 2.41. The molecule has 1 aliphatic rings. The van der Waals surface area contributed by atoms with Gasteiger partial charge in [-0.05, 0) is 42.3 Å². The maximum absolute atomic E-state index is 15.2. The second-order valence-corrected chi connectivity index (χ2v) is 11.4. The van der Waals surface area contributed by atoms with Crippen molar-refractivity contribution in [3.8, 4) is 23.1 Å². The van der Waals surface area contributed by atoms with Crippen LogP contribution in [0.25, 0.3) is 11.3 Å². The molecule has 43 heavy (non-hydrogen) atoms. The molecule has 0 saturated heterocycles. The molecular weight excluding hydrogens is 572 g/mol. The van der Waals surface area contributed by atoms with Gasteiger partial charge in [0, 0.05) is 42.0 Å². The Morgan fingerprint density at radius 1 is 1.19 bits per heavy atom. The Kier molecular flexibility index (Phi) is 8.52. The first-order chi connectivity index (χ1) is 20.5. The Bertz CT molecular complexity index is 1720. The zero-order valence-electron chi connectivity index (χ0n) is 23.8. The summed E-state index contributed by atoms with van der Waals surface area (Å²) in [5.41, 5.74) is 1.92. The minimum atomic E-state index is -1.81. The Morgan fingerprint density at radius 2 is 1.95 bits per heavy atom. The molecule has 0 saturated carbocycles. The van der Waals surface area contributed by atoms with Gasteiger partial charge in [-0.15, -0.1) is 11.3 Å². The summed E-state index contributed by atoms with van der Waals surface area (Å²) in [5.74, 6) is -2.18. The number of nitriles is 1. The quantitative estimate of drug-likeness (QED) is 0.188. The fourth-order valence-corrected chi connectivity index (χ4v) is 6.01. The Labute approximate surface area is 252 Å². The van der Waals surface area contributed by atoms with Gasteiger partial charge in [0.15, 0.2) is 0 Å². The summed E-state index contributed by atoms with van der Waals surface area (Å²) in [4.78, 5) is 18.0. The first-order valence-corrected chi connectivity index (χ1v) is 14.4. The summed E-state index contributed by atoms with van der Waals surface area (Å²) in [6, 6.07) is 17.8. The second-order valence-electron chi connectivity index (χ2n) is 10.5. The first kappa shape index (κ1) is 29.8. The highest BCUT2D eigenvalue weighted by atomic mass is 32.1. The largest absolute Gasteiger partial charge is 0.426 e. The lowest BCUT2D eigenvalue weighted by Crippen LogP contribution is -2.44. The van der Waals surface area contributed by atoms with E-state index in [1.807, 2.05) is 29.3 Å². The van der Waals surface area contributed by atoms with E-state index in [1.54, 1.807) is 48.6 Å². The minimum Gasteiger partial charge on any atom is -0.426 e. The molecule has 8 nitrogen and oxygen atoms in total. The molecule has 0 spiro atoms. The number of nitrogens with zero attached hydrogens (tertiary/aromatic N) is 5. The SMILES string of the molecule is CC(=O)Oc1ccc(CN2C=NN(C[C@](O)(c3ccc(F)cc3F)[C@@H](C)c3nc(-c4ccc(C#N)cc4)cs3)C2)cc1C. The molecule has 2 heterocycles. The van der Waals surface area contributed by atoms with E-state index in [-0.39, 0.29) is 18.1 Å². The molecule has 1 aromatic heterocycles. The van der Waals surface area contributed by atoms with Gasteiger partial charge in [-0.25, -0.2) is 13.8 Å². The molecule has 1 aliphatic heterocycles. The summed E-state index contributed by atoms with van der Waals surface area (Å²) >= 11 is 1.33. The van der Waals surface area contributed by atoms with Crippen LogP contribution in [0.2, 0.25) is 0 Å². The van der Waals surface area contributed by atoms with Crippen LogP contribution in [0.1, 0.15) is 47.0 Å². The molecule has 0 aliphatic carbocycles. The predicted molar refractivity (Wildman–Crippen MR) is 159 cm³/mol. The average Bonchev–Trinajstić information content (AvgIpc) is 3.64. The number of esters is 1. The zero-order valence-corrected chi connectivity index (χ0v) is 24.6. The molecule has 220 valence electrons. The monoisotopic (exact) mass is 601 g/mol. The van der Waals surface area contributed by atoms with Crippen LogP contribution in [0.3, 0.4) is 0 Å². The zero-order chi connectivity index (χ0) is 30.7. The highest BCUT2D eigenvalue weighted by Gasteiger charge is 2.43. The molecule has 5 rings (SSSR count). The Balaban J connectivity index is 1.37. The molecule has 2 atom stereocenters. The van der Waals surface area contributed by atoms with Crippen LogP contribution < -0.4 is 4.74 Å². The topological polar surface area (TPSA) is 102 Å². The van der Waals surface area contributed by atoms with Crippen molar-refractivity contribution in [2.45, 2.75) is 38.8 Å². The number of hydrogen-bond acceptors (Lipinski definition) is 9. The maximum atomic E-state index is 15.2. The first-order valence-electron chi connectivity index (χ1n) is 13.5. The van der Waals surface area contributed by atoms with E-state index in [0.717, 1.165) is 28.8 Å². The molecule has 0 bridgehead atoms. The van der Waals surface area contributed by atoms with E-state index >= 15 is 4.39 Å². The van der Waals surface area contributed by atoms with Gasteiger partial charge < -0.3 is 14.7 Å². The molecule has 4 aromatic rings. The van der Waals surface area contributed by atoms with Crippen LogP contribution in [0, 0.1) is 29.9 Å². The number of aryl methyl sites for hydroxylation is 1.